The fourth-order valence-electron chi connectivity index (χ4n) is 2.90. The van der Waals surface area contributed by atoms with Crippen molar-refractivity contribution in [2.75, 3.05) is 13.2 Å². The molecule has 3 rings (SSSR count). The Bertz CT molecular complexity index is 1090. The van der Waals surface area contributed by atoms with Crippen LogP contribution in [0, 0.1) is 11.7 Å². The number of ether oxygens (including phenoxy) is 1. The average molecular weight is 398 g/mol. The van der Waals surface area contributed by atoms with E-state index >= 15 is 0 Å². The van der Waals surface area contributed by atoms with Crippen LogP contribution in [0.5, 0.6) is 5.75 Å². The molecule has 28 heavy (non-hydrogen) atoms. The Morgan fingerprint density at radius 2 is 2.04 bits per heavy atom. The lowest BCUT2D eigenvalue weighted by molar-refractivity contribution is -0.121. The van der Waals surface area contributed by atoms with Crippen LogP contribution in [0.2, 0.25) is 0 Å². The van der Waals surface area contributed by atoms with E-state index in [0.29, 0.717) is 35.2 Å². The molecule has 146 valence electrons. The lowest BCUT2D eigenvalue weighted by Gasteiger charge is -2.09. The third-order valence-electron chi connectivity index (χ3n) is 4.35. The van der Waals surface area contributed by atoms with Gasteiger partial charge in [-0.3, -0.25) is 14.2 Å². The molecule has 6 nitrogen and oxygen atoms in total. The Labute approximate surface area is 168 Å². The number of hydrogen-bond acceptors (Lipinski definition) is 4. The normalized spacial score (nSPS) is 10.8. The SMILES string of the molecule is Cc1cccc(OCCCNC(=O)CCn2c(=S)[nH]c3ccccc3c2=O)c1. The molecule has 0 saturated carbocycles. The Morgan fingerprint density at radius 3 is 2.86 bits per heavy atom. The number of carbonyl (C=O) groups excluding carboxylic acids is 1. The minimum atomic E-state index is -0.182. The summed E-state index contributed by atoms with van der Waals surface area (Å²) in [6, 6.07) is 15.0. The number of rotatable bonds is 8. The zero-order valence-electron chi connectivity index (χ0n) is 15.7. The number of hydrogen-bond donors (Lipinski definition) is 2. The number of nitrogens with zero attached hydrogens (tertiary/aromatic N) is 1. The van der Waals surface area contributed by atoms with Crippen LogP contribution in [0.4, 0.5) is 0 Å². The second-order valence-electron chi connectivity index (χ2n) is 6.55. The van der Waals surface area contributed by atoms with Gasteiger partial charge >= 0.3 is 0 Å². The van der Waals surface area contributed by atoms with Crippen molar-refractivity contribution in [3.63, 3.8) is 0 Å². The molecule has 2 aromatic carbocycles. The molecule has 1 heterocycles. The van der Waals surface area contributed by atoms with Gasteiger partial charge in [-0.05, 0) is 55.4 Å². The van der Waals surface area contributed by atoms with Gasteiger partial charge in [0.2, 0.25) is 5.91 Å². The smallest absolute Gasteiger partial charge is 0.262 e. The van der Waals surface area contributed by atoms with E-state index in [0.717, 1.165) is 11.3 Å². The van der Waals surface area contributed by atoms with E-state index in [4.69, 9.17) is 17.0 Å². The van der Waals surface area contributed by atoms with Crippen molar-refractivity contribution in [3.8, 4) is 5.75 Å². The number of aromatic amines is 1. The number of H-pyrrole nitrogens is 1. The van der Waals surface area contributed by atoms with Gasteiger partial charge in [-0.2, -0.15) is 0 Å². The first-order valence-corrected chi connectivity index (χ1v) is 9.63. The maximum atomic E-state index is 12.5. The highest BCUT2D eigenvalue weighted by Gasteiger charge is 2.07. The monoisotopic (exact) mass is 397 g/mol. The summed E-state index contributed by atoms with van der Waals surface area (Å²) in [4.78, 5) is 27.6. The predicted octanol–water partition coefficient (Wildman–Crippen LogP) is 3.34. The van der Waals surface area contributed by atoms with Gasteiger partial charge in [0, 0.05) is 19.5 Å². The maximum absolute atomic E-state index is 12.5. The highest BCUT2D eigenvalue weighted by atomic mass is 32.1. The predicted molar refractivity (Wildman–Crippen MR) is 112 cm³/mol. The number of benzene rings is 2. The topological polar surface area (TPSA) is 76.1 Å². The molecule has 0 spiro atoms. The molecule has 0 aliphatic rings. The van der Waals surface area contributed by atoms with Crippen LogP contribution in [0.3, 0.4) is 0 Å². The number of aromatic nitrogens is 2. The zero-order chi connectivity index (χ0) is 19.9. The third kappa shape index (κ3) is 5.07. The summed E-state index contributed by atoms with van der Waals surface area (Å²) in [5.41, 5.74) is 1.67. The van der Waals surface area contributed by atoms with Gasteiger partial charge in [-0.25, -0.2) is 0 Å². The molecule has 0 atom stereocenters. The van der Waals surface area contributed by atoms with Gasteiger partial charge < -0.3 is 15.0 Å². The maximum Gasteiger partial charge on any atom is 0.262 e. The Balaban J connectivity index is 1.45. The van der Waals surface area contributed by atoms with E-state index in [1.807, 2.05) is 43.3 Å². The molecular weight excluding hydrogens is 374 g/mol. The number of carbonyl (C=O) groups is 1. The Hall–Kier alpha value is -2.93. The van der Waals surface area contributed by atoms with Gasteiger partial charge in [-0.1, -0.05) is 24.3 Å². The van der Waals surface area contributed by atoms with Gasteiger partial charge in [-0.15, -0.1) is 0 Å². The van der Waals surface area contributed by atoms with Crippen molar-refractivity contribution in [2.24, 2.45) is 0 Å². The van der Waals surface area contributed by atoms with Crippen LogP contribution < -0.4 is 15.6 Å². The highest BCUT2D eigenvalue weighted by molar-refractivity contribution is 7.71. The third-order valence-corrected chi connectivity index (χ3v) is 4.68. The van der Waals surface area contributed by atoms with E-state index in [2.05, 4.69) is 10.3 Å². The zero-order valence-corrected chi connectivity index (χ0v) is 16.6. The number of aryl methyl sites for hydroxylation is 1. The van der Waals surface area contributed by atoms with Crippen LogP contribution in [-0.2, 0) is 11.3 Å². The first-order valence-electron chi connectivity index (χ1n) is 9.22. The summed E-state index contributed by atoms with van der Waals surface area (Å²) in [6.45, 7) is 3.30. The minimum Gasteiger partial charge on any atom is -0.494 e. The van der Waals surface area contributed by atoms with Crippen LogP contribution in [0.15, 0.2) is 53.3 Å². The summed E-state index contributed by atoms with van der Waals surface area (Å²) in [7, 11) is 0. The molecule has 1 amide bonds. The standard InChI is InChI=1S/C21H23N3O3S/c1-15-6-4-7-16(14-15)27-13-5-11-22-19(25)10-12-24-20(26)17-8-2-3-9-18(17)23-21(24)28/h2-4,6-9,14H,5,10-13H2,1H3,(H,22,25)(H,23,28). The van der Waals surface area contributed by atoms with Gasteiger partial charge in [0.25, 0.3) is 5.56 Å². The number of fused-ring (bicyclic) bond motifs is 1. The Morgan fingerprint density at radius 1 is 1.21 bits per heavy atom. The first kappa shape index (κ1) is 19.8. The second-order valence-corrected chi connectivity index (χ2v) is 6.94. The lowest BCUT2D eigenvalue weighted by Crippen LogP contribution is -2.29. The molecule has 0 aliphatic heterocycles. The van der Waals surface area contributed by atoms with Crippen molar-refractivity contribution >= 4 is 29.0 Å². The number of amides is 1. The summed E-state index contributed by atoms with van der Waals surface area (Å²) in [6.07, 6.45) is 0.893. The molecule has 0 aliphatic carbocycles. The molecule has 1 aromatic heterocycles. The van der Waals surface area contributed by atoms with Gasteiger partial charge in [0.15, 0.2) is 4.77 Å². The van der Waals surface area contributed by atoms with Crippen LogP contribution in [0.25, 0.3) is 10.9 Å². The molecule has 0 bridgehead atoms. The molecule has 0 radical (unpaired) electrons. The molecule has 0 saturated heterocycles. The van der Waals surface area contributed by atoms with Crippen molar-refractivity contribution < 1.29 is 9.53 Å². The molecule has 0 fully saturated rings. The van der Waals surface area contributed by atoms with E-state index < -0.39 is 0 Å². The van der Waals surface area contributed by atoms with Crippen molar-refractivity contribution in [1.82, 2.24) is 14.9 Å². The van der Waals surface area contributed by atoms with Crippen molar-refractivity contribution in [1.29, 1.82) is 0 Å². The molecule has 0 unspecified atom stereocenters. The molecule has 3 aromatic rings. The highest BCUT2D eigenvalue weighted by Crippen LogP contribution is 2.12. The average Bonchev–Trinajstić information content (AvgIpc) is 2.67. The van der Waals surface area contributed by atoms with Gasteiger partial charge in [0.05, 0.1) is 17.5 Å². The summed E-state index contributed by atoms with van der Waals surface area (Å²) < 4.78 is 7.41. The molecule has 7 heteroatoms. The Kier molecular flexibility index (Phi) is 6.60. The first-order chi connectivity index (χ1) is 13.5. The van der Waals surface area contributed by atoms with E-state index in [9.17, 15) is 9.59 Å². The van der Waals surface area contributed by atoms with E-state index in [-0.39, 0.29) is 24.4 Å². The quantitative estimate of drug-likeness (QED) is 0.451. The van der Waals surface area contributed by atoms with E-state index in [1.165, 1.54) is 4.57 Å². The van der Waals surface area contributed by atoms with Crippen molar-refractivity contribution in [2.45, 2.75) is 26.3 Å². The molecular formula is C21H23N3O3S. The van der Waals surface area contributed by atoms with Crippen LogP contribution in [0.1, 0.15) is 18.4 Å². The number of nitrogens with one attached hydrogen (secondary N) is 2. The molecule has 2 N–H and O–H groups in total. The second kappa shape index (κ2) is 9.32. The summed E-state index contributed by atoms with van der Waals surface area (Å²) in [5.74, 6) is 0.709. The van der Waals surface area contributed by atoms with Crippen LogP contribution >= 0.6 is 12.2 Å². The fraction of sp³-hybridized carbons (Fsp3) is 0.286. The summed E-state index contributed by atoms with van der Waals surface area (Å²) >= 11 is 5.26. The number of para-hydroxylation sites is 1. The van der Waals surface area contributed by atoms with Gasteiger partial charge in [0.1, 0.15) is 5.75 Å². The van der Waals surface area contributed by atoms with Crippen molar-refractivity contribution in [3.05, 3.63) is 69.2 Å². The minimum absolute atomic E-state index is 0.120. The van der Waals surface area contributed by atoms with E-state index in [1.54, 1.807) is 12.1 Å². The summed E-state index contributed by atoms with van der Waals surface area (Å²) in [5, 5.41) is 3.41. The fourth-order valence-corrected chi connectivity index (χ4v) is 3.18. The van der Waals surface area contributed by atoms with Crippen LogP contribution in [-0.4, -0.2) is 28.6 Å². The lowest BCUT2D eigenvalue weighted by atomic mass is 10.2. The largest absolute Gasteiger partial charge is 0.494 e.